The lowest BCUT2D eigenvalue weighted by Crippen LogP contribution is -1.99. The smallest absolute Gasteiger partial charge is 0.106 e. The average Bonchev–Trinajstić information content (AvgIpc) is 2.29. The SMILES string of the molecule is OC(c1ccccc1)c1cncc(Cl)c1. The average molecular weight is 220 g/mol. The van der Waals surface area contributed by atoms with Gasteiger partial charge in [0.2, 0.25) is 0 Å². The van der Waals surface area contributed by atoms with Gasteiger partial charge in [-0.1, -0.05) is 41.9 Å². The molecule has 1 aromatic heterocycles. The van der Waals surface area contributed by atoms with E-state index in [1.54, 1.807) is 18.5 Å². The number of aliphatic hydroxyl groups excluding tert-OH is 1. The molecule has 15 heavy (non-hydrogen) atoms. The van der Waals surface area contributed by atoms with Gasteiger partial charge in [0.05, 0.1) is 5.02 Å². The molecule has 0 amide bonds. The van der Waals surface area contributed by atoms with Crippen LogP contribution >= 0.6 is 11.6 Å². The predicted molar refractivity (Wildman–Crippen MR) is 59.8 cm³/mol. The fourth-order valence-electron chi connectivity index (χ4n) is 1.41. The van der Waals surface area contributed by atoms with Crippen LogP contribution in [0.1, 0.15) is 17.2 Å². The molecule has 0 aliphatic carbocycles. The third-order valence-electron chi connectivity index (χ3n) is 2.16. The summed E-state index contributed by atoms with van der Waals surface area (Å²) in [5.74, 6) is 0. The molecule has 0 fully saturated rings. The number of benzene rings is 1. The number of aromatic nitrogens is 1. The second-order valence-corrected chi connectivity index (χ2v) is 3.69. The van der Waals surface area contributed by atoms with Gasteiger partial charge in [0, 0.05) is 18.0 Å². The normalized spacial score (nSPS) is 12.4. The number of rotatable bonds is 2. The van der Waals surface area contributed by atoms with Crippen LogP contribution in [0.2, 0.25) is 5.02 Å². The first-order valence-corrected chi connectivity index (χ1v) is 4.98. The second kappa shape index (κ2) is 4.43. The van der Waals surface area contributed by atoms with E-state index in [-0.39, 0.29) is 0 Å². The fraction of sp³-hybridized carbons (Fsp3) is 0.0833. The van der Waals surface area contributed by atoms with Gasteiger partial charge in [-0.2, -0.15) is 0 Å². The Morgan fingerprint density at radius 3 is 2.47 bits per heavy atom. The second-order valence-electron chi connectivity index (χ2n) is 3.25. The minimum Gasteiger partial charge on any atom is -0.384 e. The van der Waals surface area contributed by atoms with Crippen molar-refractivity contribution in [3.63, 3.8) is 0 Å². The molecule has 0 saturated heterocycles. The standard InChI is InChI=1S/C12H10ClNO/c13-11-6-10(7-14-8-11)12(15)9-4-2-1-3-5-9/h1-8,12,15H. The minimum absolute atomic E-state index is 0.530. The fourth-order valence-corrected chi connectivity index (χ4v) is 1.59. The van der Waals surface area contributed by atoms with Crippen LogP contribution in [0.3, 0.4) is 0 Å². The molecule has 2 rings (SSSR count). The van der Waals surface area contributed by atoms with E-state index in [1.165, 1.54) is 0 Å². The summed E-state index contributed by atoms with van der Waals surface area (Å²) < 4.78 is 0. The maximum absolute atomic E-state index is 10.0. The van der Waals surface area contributed by atoms with Gasteiger partial charge in [0.25, 0.3) is 0 Å². The summed E-state index contributed by atoms with van der Waals surface area (Å²) in [6.45, 7) is 0. The number of nitrogens with zero attached hydrogens (tertiary/aromatic N) is 1. The molecule has 2 nitrogen and oxygen atoms in total. The molecule has 76 valence electrons. The van der Waals surface area contributed by atoms with Gasteiger partial charge in [0.1, 0.15) is 6.10 Å². The van der Waals surface area contributed by atoms with Crippen LogP contribution < -0.4 is 0 Å². The summed E-state index contributed by atoms with van der Waals surface area (Å²) in [6.07, 6.45) is 2.49. The molecule has 1 atom stereocenters. The van der Waals surface area contributed by atoms with Gasteiger partial charge in [-0.15, -0.1) is 0 Å². The molecular weight excluding hydrogens is 210 g/mol. The zero-order valence-corrected chi connectivity index (χ0v) is 8.72. The number of hydrogen-bond acceptors (Lipinski definition) is 2. The van der Waals surface area contributed by atoms with Crippen LogP contribution in [-0.2, 0) is 0 Å². The highest BCUT2D eigenvalue weighted by molar-refractivity contribution is 6.30. The topological polar surface area (TPSA) is 33.1 Å². The van der Waals surface area contributed by atoms with Crippen molar-refractivity contribution in [3.05, 3.63) is 64.9 Å². The summed E-state index contributed by atoms with van der Waals surface area (Å²) in [5, 5.41) is 10.5. The number of halogens is 1. The lowest BCUT2D eigenvalue weighted by Gasteiger charge is -2.10. The summed E-state index contributed by atoms with van der Waals surface area (Å²) in [7, 11) is 0. The molecule has 1 heterocycles. The summed E-state index contributed by atoms with van der Waals surface area (Å²) in [5.41, 5.74) is 1.54. The summed E-state index contributed by atoms with van der Waals surface area (Å²) >= 11 is 5.80. The summed E-state index contributed by atoms with van der Waals surface area (Å²) in [4.78, 5) is 3.94. The molecule has 3 heteroatoms. The molecule has 1 unspecified atom stereocenters. The molecule has 1 N–H and O–H groups in total. The van der Waals surface area contributed by atoms with Gasteiger partial charge in [-0.25, -0.2) is 0 Å². The maximum atomic E-state index is 10.0. The Morgan fingerprint density at radius 1 is 1.07 bits per heavy atom. The zero-order chi connectivity index (χ0) is 10.7. The molecule has 0 bridgehead atoms. The molecule has 0 aliphatic heterocycles. The lowest BCUT2D eigenvalue weighted by molar-refractivity contribution is 0.220. The molecule has 1 aromatic carbocycles. The van der Waals surface area contributed by atoms with Crippen LogP contribution in [-0.4, -0.2) is 10.1 Å². The van der Waals surface area contributed by atoms with Crippen molar-refractivity contribution in [3.8, 4) is 0 Å². The largest absolute Gasteiger partial charge is 0.384 e. The molecule has 2 aromatic rings. The Bertz CT molecular complexity index is 444. The summed E-state index contributed by atoms with van der Waals surface area (Å²) in [6, 6.07) is 11.1. The van der Waals surface area contributed by atoms with Gasteiger partial charge in [-0.05, 0) is 11.6 Å². The van der Waals surface area contributed by atoms with Crippen LogP contribution in [0.15, 0.2) is 48.8 Å². The highest BCUT2D eigenvalue weighted by atomic mass is 35.5. The van der Waals surface area contributed by atoms with E-state index in [9.17, 15) is 5.11 Å². The van der Waals surface area contributed by atoms with Crippen molar-refractivity contribution < 1.29 is 5.11 Å². The quantitative estimate of drug-likeness (QED) is 0.843. The third kappa shape index (κ3) is 2.35. The number of pyridine rings is 1. The van der Waals surface area contributed by atoms with Crippen LogP contribution in [0, 0.1) is 0 Å². The van der Waals surface area contributed by atoms with Gasteiger partial charge < -0.3 is 5.11 Å². The minimum atomic E-state index is -0.669. The van der Waals surface area contributed by atoms with Crippen molar-refractivity contribution in [1.29, 1.82) is 0 Å². The van der Waals surface area contributed by atoms with Gasteiger partial charge >= 0.3 is 0 Å². The van der Waals surface area contributed by atoms with E-state index in [0.29, 0.717) is 10.6 Å². The predicted octanol–water partition coefficient (Wildman–Crippen LogP) is 2.82. The highest BCUT2D eigenvalue weighted by Gasteiger charge is 2.10. The molecular formula is C12H10ClNO. The molecule has 0 aliphatic rings. The van der Waals surface area contributed by atoms with Crippen LogP contribution in [0.25, 0.3) is 0 Å². The zero-order valence-electron chi connectivity index (χ0n) is 7.97. The molecule has 0 radical (unpaired) electrons. The van der Waals surface area contributed by atoms with Gasteiger partial charge in [-0.3, -0.25) is 4.98 Å². The van der Waals surface area contributed by atoms with E-state index in [2.05, 4.69) is 4.98 Å². The number of aliphatic hydroxyl groups is 1. The van der Waals surface area contributed by atoms with E-state index in [0.717, 1.165) is 5.56 Å². The Labute approximate surface area is 93.2 Å². The van der Waals surface area contributed by atoms with Gasteiger partial charge in [0.15, 0.2) is 0 Å². The van der Waals surface area contributed by atoms with Crippen molar-refractivity contribution >= 4 is 11.6 Å². The molecule has 0 saturated carbocycles. The Kier molecular flexibility index (Phi) is 2.99. The number of hydrogen-bond donors (Lipinski definition) is 1. The Morgan fingerprint density at radius 2 is 1.80 bits per heavy atom. The van der Waals surface area contributed by atoms with Crippen molar-refractivity contribution in [2.45, 2.75) is 6.10 Å². The van der Waals surface area contributed by atoms with E-state index in [4.69, 9.17) is 11.6 Å². The van der Waals surface area contributed by atoms with E-state index in [1.807, 2.05) is 30.3 Å². The first-order chi connectivity index (χ1) is 7.27. The van der Waals surface area contributed by atoms with Crippen LogP contribution in [0.5, 0.6) is 0 Å². The Hall–Kier alpha value is -1.38. The van der Waals surface area contributed by atoms with Crippen molar-refractivity contribution in [1.82, 2.24) is 4.98 Å². The first kappa shape index (κ1) is 10.1. The monoisotopic (exact) mass is 219 g/mol. The third-order valence-corrected chi connectivity index (χ3v) is 2.36. The first-order valence-electron chi connectivity index (χ1n) is 4.61. The van der Waals surface area contributed by atoms with E-state index >= 15 is 0 Å². The Balaban J connectivity index is 2.32. The van der Waals surface area contributed by atoms with Crippen molar-refractivity contribution in [2.75, 3.05) is 0 Å². The van der Waals surface area contributed by atoms with E-state index < -0.39 is 6.10 Å². The van der Waals surface area contributed by atoms with Crippen molar-refractivity contribution in [2.24, 2.45) is 0 Å². The highest BCUT2D eigenvalue weighted by Crippen LogP contribution is 2.22. The molecule has 0 spiro atoms. The lowest BCUT2D eigenvalue weighted by atomic mass is 10.0. The maximum Gasteiger partial charge on any atom is 0.106 e. The van der Waals surface area contributed by atoms with Crippen LogP contribution in [0.4, 0.5) is 0 Å².